The van der Waals surface area contributed by atoms with Gasteiger partial charge in [-0.1, -0.05) is 49.4 Å². The lowest BCUT2D eigenvalue weighted by atomic mass is 9.95. The number of carbonyl (C=O) groups excluding carboxylic acids is 2. The summed E-state index contributed by atoms with van der Waals surface area (Å²) in [4.78, 5) is 31.4. The van der Waals surface area contributed by atoms with Gasteiger partial charge in [0.2, 0.25) is 0 Å². The summed E-state index contributed by atoms with van der Waals surface area (Å²) in [5.74, 6) is -1.54. The van der Waals surface area contributed by atoms with Crippen molar-refractivity contribution in [2.75, 3.05) is 4.90 Å². The van der Waals surface area contributed by atoms with Crippen molar-refractivity contribution in [1.82, 2.24) is 4.98 Å². The minimum absolute atomic E-state index is 0.0781. The first-order valence-corrected chi connectivity index (χ1v) is 9.47. The molecule has 2 heterocycles. The van der Waals surface area contributed by atoms with Crippen molar-refractivity contribution in [2.45, 2.75) is 19.4 Å². The molecule has 1 atom stereocenters. The average Bonchev–Trinajstić information content (AvgIpc) is 3.05. The number of carbonyl (C=O) groups is 2. The van der Waals surface area contributed by atoms with Crippen LogP contribution in [0.25, 0.3) is 5.76 Å². The van der Waals surface area contributed by atoms with E-state index in [9.17, 15) is 14.7 Å². The minimum atomic E-state index is -0.730. The standard InChI is InChI=1S/C24H20N2O3/c1-2-16-8-10-18(11-9-16)22(27)20-21(17-12-14-25-15-13-17)26(24(29)23(20)28)19-6-4-3-5-7-19/h3-15,21,27H,2H2,1H3/b22-20-. The molecule has 1 amide bonds. The van der Waals surface area contributed by atoms with Crippen LogP contribution in [0.2, 0.25) is 0 Å². The second-order valence-corrected chi connectivity index (χ2v) is 6.84. The first kappa shape index (κ1) is 18.6. The van der Waals surface area contributed by atoms with Gasteiger partial charge in [0.05, 0.1) is 11.6 Å². The molecule has 1 N–H and O–H groups in total. The number of rotatable bonds is 4. The van der Waals surface area contributed by atoms with E-state index in [1.54, 1.807) is 48.8 Å². The Bertz CT molecular complexity index is 1070. The van der Waals surface area contributed by atoms with Crippen molar-refractivity contribution in [1.29, 1.82) is 0 Å². The molecule has 0 bridgehead atoms. The Balaban J connectivity index is 1.91. The van der Waals surface area contributed by atoms with Crippen LogP contribution in [-0.4, -0.2) is 21.8 Å². The second-order valence-electron chi connectivity index (χ2n) is 6.84. The van der Waals surface area contributed by atoms with E-state index in [0.29, 0.717) is 16.8 Å². The smallest absolute Gasteiger partial charge is 0.300 e. The fraction of sp³-hybridized carbons (Fsp3) is 0.125. The minimum Gasteiger partial charge on any atom is -0.507 e. The highest BCUT2D eigenvalue weighted by Crippen LogP contribution is 2.41. The third kappa shape index (κ3) is 3.31. The van der Waals surface area contributed by atoms with Gasteiger partial charge in [-0.3, -0.25) is 19.5 Å². The van der Waals surface area contributed by atoms with Gasteiger partial charge in [0.25, 0.3) is 11.7 Å². The van der Waals surface area contributed by atoms with E-state index >= 15 is 0 Å². The molecule has 0 aliphatic carbocycles. The van der Waals surface area contributed by atoms with E-state index in [1.165, 1.54) is 4.90 Å². The molecule has 0 spiro atoms. The first-order chi connectivity index (χ1) is 14.1. The highest BCUT2D eigenvalue weighted by molar-refractivity contribution is 6.51. The van der Waals surface area contributed by atoms with Gasteiger partial charge in [0, 0.05) is 23.6 Å². The van der Waals surface area contributed by atoms with Crippen LogP contribution in [0.15, 0.2) is 84.7 Å². The zero-order valence-corrected chi connectivity index (χ0v) is 15.9. The molecule has 1 aromatic heterocycles. The molecule has 144 valence electrons. The number of benzene rings is 2. The lowest BCUT2D eigenvalue weighted by molar-refractivity contribution is -0.132. The zero-order valence-electron chi connectivity index (χ0n) is 15.9. The first-order valence-electron chi connectivity index (χ1n) is 9.47. The monoisotopic (exact) mass is 384 g/mol. The Morgan fingerprint density at radius 2 is 1.62 bits per heavy atom. The highest BCUT2D eigenvalue weighted by atomic mass is 16.3. The van der Waals surface area contributed by atoms with Crippen molar-refractivity contribution in [2.24, 2.45) is 0 Å². The van der Waals surface area contributed by atoms with Crippen LogP contribution in [0.1, 0.15) is 29.7 Å². The summed E-state index contributed by atoms with van der Waals surface area (Å²) >= 11 is 0. The van der Waals surface area contributed by atoms with Crippen LogP contribution in [0.5, 0.6) is 0 Å². The van der Waals surface area contributed by atoms with Gasteiger partial charge < -0.3 is 5.11 Å². The largest absolute Gasteiger partial charge is 0.507 e. The van der Waals surface area contributed by atoms with Crippen molar-refractivity contribution in [3.63, 3.8) is 0 Å². The normalized spacial score (nSPS) is 18.2. The topological polar surface area (TPSA) is 70.5 Å². The van der Waals surface area contributed by atoms with Crippen molar-refractivity contribution in [3.05, 3.63) is 101 Å². The van der Waals surface area contributed by atoms with Crippen LogP contribution < -0.4 is 4.90 Å². The predicted octanol–water partition coefficient (Wildman–Crippen LogP) is 4.27. The highest BCUT2D eigenvalue weighted by Gasteiger charge is 2.46. The summed E-state index contributed by atoms with van der Waals surface area (Å²) < 4.78 is 0. The molecular weight excluding hydrogens is 364 g/mol. The van der Waals surface area contributed by atoms with Gasteiger partial charge in [-0.15, -0.1) is 0 Å². The zero-order chi connectivity index (χ0) is 20.4. The van der Waals surface area contributed by atoms with E-state index in [0.717, 1.165) is 12.0 Å². The second kappa shape index (κ2) is 7.72. The van der Waals surface area contributed by atoms with Gasteiger partial charge >= 0.3 is 0 Å². The van der Waals surface area contributed by atoms with Crippen LogP contribution in [0.3, 0.4) is 0 Å². The molecule has 0 saturated carbocycles. The molecule has 1 fully saturated rings. The Kier molecular flexibility index (Phi) is 4.96. The Hall–Kier alpha value is -3.73. The molecular formula is C24H20N2O3. The fourth-order valence-electron chi connectivity index (χ4n) is 3.60. The number of anilines is 1. The fourth-order valence-corrected chi connectivity index (χ4v) is 3.60. The lowest BCUT2D eigenvalue weighted by Gasteiger charge is -2.25. The summed E-state index contributed by atoms with van der Waals surface area (Å²) in [5.41, 5.74) is 3.00. The molecule has 3 aromatic rings. The van der Waals surface area contributed by atoms with Gasteiger partial charge in [-0.25, -0.2) is 0 Å². The molecule has 1 aliphatic rings. The molecule has 1 unspecified atom stereocenters. The van der Waals surface area contributed by atoms with E-state index in [-0.39, 0.29) is 11.3 Å². The van der Waals surface area contributed by atoms with Crippen molar-refractivity contribution >= 4 is 23.1 Å². The molecule has 4 rings (SSSR count). The van der Waals surface area contributed by atoms with Crippen LogP contribution >= 0.6 is 0 Å². The summed E-state index contributed by atoms with van der Waals surface area (Å²) in [7, 11) is 0. The van der Waals surface area contributed by atoms with Gasteiger partial charge in [0.1, 0.15) is 5.76 Å². The number of aromatic nitrogens is 1. The van der Waals surface area contributed by atoms with Crippen LogP contribution in [0, 0.1) is 0 Å². The number of para-hydroxylation sites is 1. The number of Topliss-reactive ketones (excluding diaryl/α,β-unsaturated/α-hetero) is 1. The quantitative estimate of drug-likeness (QED) is 0.414. The Morgan fingerprint density at radius 3 is 2.24 bits per heavy atom. The van der Waals surface area contributed by atoms with Gasteiger partial charge in [-0.05, 0) is 41.8 Å². The summed E-state index contributed by atoms with van der Waals surface area (Å²) in [6.45, 7) is 2.05. The molecule has 0 radical (unpaired) electrons. The van der Waals surface area contributed by atoms with E-state index in [4.69, 9.17) is 0 Å². The third-order valence-corrected chi connectivity index (χ3v) is 5.14. The number of hydrogen-bond donors (Lipinski definition) is 1. The van der Waals surface area contributed by atoms with Crippen LogP contribution in [0.4, 0.5) is 5.69 Å². The predicted molar refractivity (Wildman–Crippen MR) is 111 cm³/mol. The summed E-state index contributed by atoms with van der Waals surface area (Å²) in [5, 5.41) is 11.0. The van der Waals surface area contributed by atoms with E-state index in [1.807, 2.05) is 37.3 Å². The number of ketones is 1. The van der Waals surface area contributed by atoms with Crippen LogP contribution in [-0.2, 0) is 16.0 Å². The maximum Gasteiger partial charge on any atom is 0.300 e. The Morgan fingerprint density at radius 1 is 0.966 bits per heavy atom. The summed E-state index contributed by atoms with van der Waals surface area (Å²) in [6.07, 6.45) is 4.09. The number of pyridine rings is 1. The Labute approximate surface area is 169 Å². The van der Waals surface area contributed by atoms with Crippen molar-refractivity contribution < 1.29 is 14.7 Å². The molecule has 5 nitrogen and oxygen atoms in total. The number of hydrogen-bond acceptors (Lipinski definition) is 4. The lowest BCUT2D eigenvalue weighted by Crippen LogP contribution is -2.29. The SMILES string of the molecule is CCc1ccc(/C(O)=C2/C(=O)C(=O)N(c3ccccc3)C2c2ccncc2)cc1. The van der Waals surface area contributed by atoms with Gasteiger partial charge in [-0.2, -0.15) is 0 Å². The number of nitrogens with zero attached hydrogens (tertiary/aromatic N) is 2. The molecule has 2 aromatic carbocycles. The van der Waals surface area contributed by atoms with Crippen molar-refractivity contribution in [3.8, 4) is 0 Å². The van der Waals surface area contributed by atoms with E-state index < -0.39 is 17.7 Å². The van der Waals surface area contributed by atoms with Gasteiger partial charge in [0.15, 0.2) is 0 Å². The molecule has 29 heavy (non-hydrogen) atoms. The maximum absolute atomic E-state index is 13.0. The number of aryl methyl sites for hydroxylation is 1. The molecule has 1 saturated heterocycles. The van der Waals surface area contributed by atoms with E-state index in [2.05, 4.69) is 4.98 Å². The maximum atomic E-state index is 13.0. The third-order valence-electron chi connectivity index (χ3n) is 5.14. The average molecular weight is 384 g/mol. The number of aliphatic hydroxyl groups excluding tert-OH is 1. The summed E-state index contributed by atoms with van der Waals surface area (Å²) in [6, 6.07) is 19.1. The number of amides is 1. The number of aliphatic hydroxyl groups is 1. The molecule has 1 aliphatic heterocycles. The molecule has 5 heteroatoms.